The maximum atomic E-state index is 13.9. The van der Waals surface area contributed by atoms with Crippen LogP contribution >= 0.6 is 23.4 Å². The topological polar surface area (TPSA) is 90.6 Å². The summed E-state index contributed by atoms with van der Waals surface area (Å²) < 4.78 is 49.9. The number of fused-ring (bicyclic) bond motifs is 1. The normalized spacial score (nSPS) is 15.0. The first-order valence-corrected chi connectivity index (χ1v) is 11.8. The van der Waals surface area contributed by atoms with Gasteiger partial charge in [0, 0.05) is 30.1 Å². The number of carbonyl (C=O) groups is 1. The van der Waals surface area contributed by atoms with Gasteiger partial charge in [0.2, 0.25) is 5.88 Å². The molecule has 184 valence electrons. The molecule has 0 bridgehead atoms. The number of hydrogen-bond donors (Lipinski definition) is 1. The molecule has 1 aliphatic heterocycles. The van der Waals surface area contributed by atoms with E-state index in [4.69, 9.17) is 21.1 Å². The Morgan fingerprint density at radius 1 is 1.38 bits per heavy atom. The fraction of sp³-hybridized carbons (Fsp3) is 0.429. The molecule has 0 spiro atoms. The number of alkyl halides is 2. The van der Waals surface area contributed by atoms with Gasteiger partial charge in [-0.1, -0.05) is 11.6 Å². The molecule has 1 saturated heterocycles. The number of halogens is 4. The Bertz CT molecular complexity index is 1130. The average molecular weight is 518 g/mol. The number of aromatic nitrogens is 4. The number of thioether (sulfide) groups is 1. The van der Waals surface area contributed by atoms with Crippen LogP contribution in [0.25, 0.3) is 5.65 Å². The van der Waals surface area contributed by atoms with Gasteiger partial charge >= 0.3 is 0 Å². The summed E-state index contributed by atoms with van der Waals surface area (Å²) in [6, 6.07) is 2.57. The van der Waals surface area contributed by atoms with Crippen molar-refractivity contribution in [3.63, 3.8) is 0 Å². The fourth-order valence-corrected chi connectivity index (χ4v) is 4.49. The SMILES string of the molecule is CNC1(C)CCSCC1.O=Cc1nn2ccc(Oc3ncc(Cl)cc3OCC(F)F)nc2c1F. The summed E-state index contributed by atoms with van der Waals surface area (Å²) in [7, 11) is 2.07. The number of ether oxygens (including phenoxy) is 2. The Kier molecular flexibility index (Phi) is 8.97. The van der Waals surface area contributed by atoms with Crippen molar-refractivity contribution < 1.29 is 27.4 Å². The smallest absolute Gasteiger partial charge is 0.272 e. The molecule has 0 radical (unpaired) electrons. The summed E-state index contributed by atoms with van der Waals surface area (Å²) in [6.07, 6.45) is 2.73. The third-order valence-electron chi connectivity index (χ3n) is 5.09. The van der Waals surface area contributed by atoms with E-state index in [9.17, 15) is 18.0 Å². The molecular weight excluding hydrogens is 495 g/mol. The lowest BCUT2D eigenvalue weighted by Gasteiger charge is -2.32. The van der Waals surface area contributed by atoms with Crippen molar-refractivity contribution >= 4 is 35.3 Å². The highest BCUT2D eigenvalue weighted by Gasteiger charge is 2.24. The van der Waals surface area contributed by atoms with Crippen molar-refractivity contribution in [3.05, 3.63) is 41.1 Å². The number of hydrogen-bond acceptors (Lipinski definition) is 8. The molecule has 1 N–H and O–H groups in total. The van der Waals surface area contributed by atoms with Crippen molar-refractivity contribution in [2.75, 3.05) is 25.2 Å². The summed E-state index contributed by atoms with van der Waals surface area (Å²) in [5.74, 6) is 1.32. The molecule has 8 nitrogen and oxygen atoms in total. The van der Waals surface area contributed by atoms with E-state index in [0.29, 0.717) is 5.54 Å². The van der Waals surface area contributed by atoms with Crippen molar-refractivity contribution in [3.8, 4) is 17.5 Å². The van der Waals surface area contributed by atoms with Crippen LogP contribution in [0.5, 0.6) is 17.5 Å². The fourth-order valence-electron chi connectivity index (χ4n) is 2.95. The van der Waals surface area contributed by atoms with Crippen LogP contribution in [0.2, 0.25) is 5.02 Å². The maximum Gasteiger partial charge on any atom is 0.272 e. The first-order valence-electron chi connectivity index (χ1n) is 10.3. The zero-order valence-corrected chi connectivity index (χ0v) is 20.0. The Morgan fingerprint density at radius 3 is 2.74 bits per heavy atom. The number of carbonyl (C=O) groups excluding carboxylic acids is 1. The van der Waals surface area contributed by atoms with Gasteiger partial charge in [0.15, 0.2) is 29.2 Å². The van der Waals surface area contributed by atoms with E-state index in [1.165, 1.54) is 48.9 Å². The van der Waals surface area contributed by atoms with Gasteiger partial charge < -0.3 is 14.8 Å². The number of aldehydes is 1. The van der Waals surface area contributed by atoms with Crippen LogP contribution in [0.4, 0.5) is 13.2 Å². The molecule has 0 aliphatic carbocycles. The van der Waals surface area contributed by atoms with Gasteiger partial charge in [-0.15, -0.1) is 0 Å². The first kappa shape index (κ1) is 26.0. The quantitative estimate of drug-likeness (QED) is 0.453. The van der Waals surface area contributed by atoms with E-state index in [1.54, 1.807) is 0 Å². The molecule has 4 rings (SSSR count). The highest BCUT2D eigenvalue weighted by atomic mass is 35.5. The van der Waals surface area contributed by atoms with Gasteiger partial charge in [-0.2, -0.15) is 21.8 Å². The van der Waals surface area contributed by atoms with Crippen LogP contribution in [0.3, 0.4) is 0 Å². The van der Waals surface area contributed by atoms with E-state index in [0.717, 1.165) is 4.52 Å². The zero-order chi connectivity index (χ0) is 24.7. The van der Waals surface area contributed by atoms with E-state index in [1.807, 2.05) is 0 Å². The third kappa shape index (κ3) is 6.73. The predicted molar refractivity (Wildman–Crippen MR) is 123 cm³/mol. The van der Waals surface area contributed by atoms with Crippen molar-refractivity contribution in [2.24, 2.45) is 0 Å². The standard InChI is InChI=1S/C14H8ClF3N4O3.C7H15NS/c15-7-3-9(24-6-10(16)17)14(19-4-7)25-11-1-2-22-13(20-11)12(18)8(5-23)21-22;1-7(8-2)3-5-9-6-4-7/h1-5,10H,6H2;8H,3-6H2,1-2H3. The van der Waals surface area contributed by atoms with Gasteiger partial charge in [0.1, 0.15) is 6.61 Å². The van der Waals surface area contributed by atoms with Gasteiger partial charge in [-0.3, -0.25) is 4.79 Å². The first-order chi connectivity index (χ1) is 16.2. The lowest BCUT2D eigenvalue weighted by molar-refractivity contribution is 0.0804. The molecule has 0 aromatic carbocycles. The summed E-state index contributed by atoms with van der Waals surface area (Å²) in [5, 5.41) is 7.19. The number of pyridine rings is 1. The van der Waals surface area contributed by atoms with Crippen LogP contribution in [0, 0.1) is 5.82 Å². The van der Waals surface area contributed by atoms with Crippen LogP contribution in [0.15, 0.2) is 24.5 Å². The molecule has 0 amide bonds. The molecule has 0 saturated carbocycles. The van der Waals surface area contributed by atoms with E-state index >= 15 is 0 Å². The van der Waals surface area contributed by atoms with Crippen LogP contribution < -0.4 is 14.8 Å². The average Bonchev–Trinajstić information content (AvgIpc) is 3.15. The van der Waals surface area contributed by atoms with Gasteiger partial charge in [0.05, 0.1) is 5.02 Å². The van der Waals surface area contributed by atoms with Gasteiger partial charge in [-0.25, -0.2) is 22.7 Å². The minimum absolute atomic E-state index is 0.111. The number of rotatable bonds is 7. The minimum Gasteiger partial charge on any atom is -0.482 e. The van der Waals surface area contributed by atoms with E-state index in [2.05, 4.69) is 46.1 Å². The van der Waals surface area contributed by atoms with Crippen LogP contribution in [0.1, 0.15) is 30.3 Å². The number of nitrogens with zero attached hydrogens (tertiary/aromatic N) is 4. The molecule has 0 atom stereocenters. The van der Waals surface area contributed by atoms with Crippen molar-refractivity contribution in [1.82, 2.24) is 24.9 Å². The van der Waals surface area contributed by atoms with Crippen molar-refractivity contribution in [1.29, 1.82) is 0 Å². The Labute approximate surface area is 203 Å². The Morgan fingerprint density at radius 2 is 2.12 bits per heavy atom. The van der Waals surface area contributed by atoms with E-state index < -0.39 is 24.5 Å². The molecular formula is C21H23ClF3N5O3S. The largest absolute Gasteiger partial charge is 0.482 e. The predicted octanol–water partition coefficient (Wildman–Crippen LogP) is 4.66. The van der Waals surface area contributed by atoms with Crippen LogP contribution in [-0.4, -0.2) is 63.0 Å². The molecule has 34 heavy (non-hydrogen) atoms. The minimum atomic E-state index is -2.70. The van der Waals surface area contributed by atoms with Gasteiger partial charge in [0.25, 0.3) is 12.3 Å². The Hall–Kier alpha value is -2.57. The van der Waals surface area contributed by atoms with Crippen molar-refractivity contribution in [2.45, 2.75) is 31.7 Å². The highest BCUT2D eigenvalue weighted by Crippen LogP contribution is 2.31. The molecule has 4 heterocycles. The molecule has 1 fully saturated rings. The lowest BCUT2D eigenvalue weighted by atomic mass is 9.95. The maximum absolute atomic E-state index is 13.9. The molecule has 0 unspecified atom stereocenters. The summed E-state index contributed by atoms with van der Waals surface area (Å²) >= 11 is 7.83. The Balaban J connectivity index is 0.000000302. The highest BCUT2D eigenvalue weighted by molar-refractivity contribution is 7.99. The lowest BCUT2D eigenvalue weighted by Crippen LogP contribution is -2.42. The second-order valence-electron chi connectivity index (χ2n) is 7.54. The van der Waals surface area contributed by atoms with Crippen LogP contribution in [-0.2, 0) is 0 Å². The molecule has 1 aliphatic rings. The third-order valence-corrected chi connectivity index (χ3v) is 6.28. The zero-order valence-electron chi connectivity index (χ0n) is 18.4. The summed E-state index contributed by atoms with van der Waals surface area (Å²) in [4.78, 5) is 18.4. The second kappa shape index (κ2) is 11.7. The molecule has 3 aromatic heterocycles. The second-order valence-corrected chi connectivity index (χ2v) is 9.20. The monoisotopic (exact) mass is 517 g/mol. The molecule has 3 aromatic rings. The summed E-state index contributed by atoms with van der Waals surface area (Å²) in [5.41, 5.74) is -0.204. The summed E-state index contributed by atoms with van der Waals surface area (Å²) in [6.45, 7) is 1.43. The van der Waals surface area contributed by atoms with E-state index in [-0.39, 0.29) is 34.5 Å². The van der Waals surface area contributed by atoms with Gasteiger partial charge in [-0.05, 0) is 38.3 Å². The molecule has 13 heteroatoms. The number of nitrogens with one attached hydrogen (secondary N) is 1.